The molecule has 2 amide bonds. The van der Waals surface area contributed by atoms with Crippen LogP contribution >= 0.6 is 24.0 Å². The average molecular weight is 332 g/mol. The maximum atomic E-state index is 11.6. The van der Waals surface area contributed by atoms with Crippen molar-refractivity contribution in [2.45, 2.75) is 6.54 Å². The van der Waals surface area contributed by atoms with Gasteiger partial charge in [0.15, 0.2) is 0 Å². The van der Waals surface area contributed by atoms with Crippen LogP contribution in [0.5, 0.6) is 0 Å². The number of hydrogen-bond acceptors (Lipinski definition) is 4. The zero-order chi connectivity index (χ0) is 14.4. The molecule has 0 saturated heterocycles. The summed E-state index contributed by atoms with van der Waals surface area (Å²) in [6.07, 6.45) is 1.71. The maximum Gasteiger partial charge on any atom is 0.340 e. The largest absolute Gasteiger partial charge is 0.340 e. The number of aromatic nitrogens is 2. The Morgan fingerprint density at radius 2 is 2.19 bits per heavy atom. The van der Waals surface area contributed by atoms with Gasteiger partial charge < -0.3 is 9.88 Å². The summed E-state index contributed by atoms with van der Waals surface area (Å²) in [5, 5.41) is 5.98. The van der Waals surface area contributed by atoms with E-state index in [2.05, 4.69) is 15.6 Å². The molecule has 1 aromatic carbocycles. The van der Waals surface area contributed by atoms with Gasteiger partial charge in [-0.25, -0.2) is 9.78 Å². The van der Waals surface area contributed by atoms with Crippen LogP contribution in [0.2, 0.25) is 0 Å². The van der Waals surface area contributed by atoms with Crippen molar-refractivity contribution in [2.24, 2.45) is 5.29 Å². The smallest absolute Gasteiger partial charge is 0.335 e. The van der Waals surface area contributed by atoms with Crippen molar-refractivity contribution in [1.29, 1.82) is 0 Å². The number of fused-ring (bicyclic) bond motifs is 1. The summed E-state index contributed by atoms with van der Waals surface area (Å²) in [4.78, 5) is 26.3. The average Bonchev–Trinajstić information content (AvgIpc) is 2.88. The summed E-state index contributed by atoms with van der Waals surface area (Å²) < 4.78 is 1.93. The van der Waals surface area contributed by atoms with Crippen LogP contribution in [0.15, 0.2) is 35.9 Å². The van der Waals surface area contributed by atoms with Crippen molar-refractivity contribution in [3.63, 3.8) is 0 Å². The molecule has 1 aromatic heterocycles. The lowest BCUT2D eigenvalue weighted by molar-refractivity contribution is 0.202. The molecule has 0 bridgehead atoms. The second-order valence-corrected chi connectivity index (χ2v) is 4.43. The van der Waals surface area contributed by atoms with Gasteiger partial charge in [-0.05, 0) is 12.1 Å². The molecule has 1 heterocycles. The number of halogens is 2. The normalized spacial score (nSPS) is 9.95. The molecule has 1 N–H and O–H groups in total. The van der Waals surface area contributed by atoms with Crippen LogP contribution in [0.3, 0.4) is 0 Å². The third kappa shape index (κ3) is 4.30. The first-order valence-electron chi connectivity index (χ1n) is 6.10. The fourth-order valence-corrected chi connectivity index (χ4v) is 1.98. The lowest BCUT2D eigenvalue weighted by atomic mass is 10.3. The van der Waals surface area contributed by atoms with E-state index < -0.39 is 6.03 Å². The Balaban J connectivity index is 0.00000220. The lowest BCUT2D eigenvalue weighted by Crippen LogP contribution is -2.38. The Kier molecular flexibility index (Phi) is 6.90. The number of imidazole rings is 1. The molecule has 0 atom stereocenters. The Bertz CT molecular complexity index is 604. The summed E-state index contributed by atoms with van der Waals surface area (Å²) in [6, 6.07) is 7.17. The third-order valence-corrected chi connectivity index (χ3v) is 2.95. The van der Waals surface area contributed by atoms with Crippen LogP contribution in [0, 0.1) is 4.91 Å². The second-order valence-electron chi connectivity index (χ2n) is 4.05. The van der Waals surface area contributed by atoms with Crippen molar-refractivity contribution in [2.75, 3.05) is 19.0 Å². The fourth-order valence-electron chi connectivity index (χ4n) is 1.82. The highest BCUT2D eigenvalue weighted by Gasteiger charge is 2.12. The second kappa shape index (κ2) is 8.43. The lowest BCUT2D eigenvalue weighted by Gasteiger charge is -2.13. The first-order valence-corrected chi connectivity index (χ1v) is 6.64. The minimum atomic E-state index is -0.551. The van der Waals surface area contributed by atoms with Crippen LogP contribution in [-0.4, -0.2) is 39.6 Å². The van der Waals surface area contributed by atoms with Gasteiger partial charge in [0, 0.05) is 19.0 Å². The van der Waals surface area contributed by atoms with Gasteiger partial charge in [-0.3, -0.25) is 0 Å². The van der Waals surface area contributed by atoms with Crippen LogP contribution in [0.1, 0.15) is 0 Å². The predicted molar refractivity (Wildman–Crippen MR) is 83.6 cm³/mol. The monoisotopic (exact) mass is 331 g/mol. The number of hydrogen-bond donors (Lipinski definition) is 1. The van der Waals surface area contributed by atoms with Gasteiger partial charge in [-0.2, -0.15) is 5.01 Å². The van der Waals surface area contributed by atoms with E-state index >= 15 is 0 Å². The molecular formula is C12H15Cl2N5O2. The number of nitroso groups, excluding NO2 is 1. The molecule has 0 unspecified atom stereocenters. The number of urea groups is 1. The molecule has 0 aliphatic heterocycles. The summed E-state index contributed by atoms with van der Waals surface area (Å²) in [6.45, 7) is 1.01. The predicted octanol–water partition coefficient (Wildman–Crippen LogP) is 2.39. The molecule has 0 aliphatic carbocycles. The first kappa shape index (κ1) is 17.2. The summed E-state index contributed by atoms with van der Waals surface area (Å²) >= 11 is 5.47. The summed E-state index contributed by atoms with van der Waals surface area (Å²) in [7, 11) is 0. The van der Waals surface area contributed by atoms with E-state index in [0.717, 1.165) is 16.0 Å². The number of para-hydroxylation sites is 2. The summed E-state index contributed by atoms with van der Waals surface area (Å²) in [5.41, 5.74) is 1.89. The van der Waals surface area contributed by atoms with Gasteiger partial charge in [-0.15, -0.1) is 28.9 Å². The molecule has 7 nitrogen and oxygen atoms in total. The first-order chi connectivity index (χ1) is 9.76. The van der Waals surface area contributed by atoms with Gasteiger partial charge in [0.05, 0.1) is 29.2 Å². The van der Waals surface area contributed by atoms with E-state index in [4.69, 9.17) is 11.6 Å². The number of amides is 2. The minimum absolute atomic E-state index is 0. The van der Waals surface area contributed by atoms with Crippen molar-refractivity contribution < 1.29 is 4.79 Å². The number of carbonyl (C=O) groups excluding carboxylic acids is 1. The highest BCUT2D eigenvalue weighted by atomic mass is 35.5. The minimum Gasteiger partial charge on any atom is -0.335 e. The van der Waals surface area contributed by atoms with E-state index in [1.807, 2.05) is 28.8 Å². The van der Waals surface area contributed by atoms with Crippen LogP contribution < -0.4 is 5.32 Å². The molecule has 2 rings (SSSR count). The number of carbonyl (C=O) groups is 1. The molecule has 21 heavy (non-hydrogen) atoms. The van der Waals surface area contributed by atoms with E-state index in [1.165, 1.54) is 0 Å². The van der Waals surface area contributed by atoms with Crippen LogP contribution in [-0.2, 0) is 6.54 Å². The van der Waals surface area contributed by atoms with Crippen molar-refractivity contribution in [3.05, 3.63) is 35.5 Å². The number of nitrogens with one attached hydrogen (secondary N) is 1. The van der Waals surface area contributed by atoms with Crippen LogP contribution in [0.25, 0.3) is 11.0 Å². The Labute approximate surface area is 132 Å². The van der Waals surface area contributed by atoms with Gasteiger partial charge in [0.2, 0.25) is 0 Å². The Morgan fingerprint density at radius 1 is 1.43 bits per heavy atom. The SMILES string of the molecule is Cl.O=NN(CCCl)C(=O)NCCn1cnc2ccccc21. The molecule has 0 spiro atoms. The van der Waals surface area contributed by atoms with Crippen molar-refractivity contribution >= 4 is 41.1 Å². The van der Waals surface area contributed by atoms with E-state index in [9.17, 15) is 9.70 Å². The van der Waals surface area contributed by atoms with Crippen LogP contribution in [0.4, 0.5) is 4.79 Å². The number of alkyl halides is 1. The Morgan fingerprint density at radius 3 is 2.90 bits per heavy atom. The van der Waals surface area contributed by atoms with E-state index in [-0.39, 0.29) is 24.8 Å². The Hall–Kier alpha value is -1.86. The van der Waals surface area contributed by atoms with E-state index in [0.29, 0.717) is 13.1 Å². The molecule has 0 radical (unpaired) electrons. The maximum absolute atomic E-state index is 11.6. The zero-order valence-electron chi connectivity index (χ0n) is 11.1. The van der Waals surface area contributed by atoms with Gasteiger partial charge in [0.1, 0.15) is 0 Å². The van der Waals surface area contributed by atoms with Crippen molar-refractivity contribution in [1.82, 2.24) is 19.9 Å². The quantitative estimate of drug-likeness (QED) is 0.501. The highest BCUT2D eigenvalue weighted by Crippen LogP contribution is 2.10. The summed E-state index contributed by atoms with van der Waals surface area (Å²) in [5.74, 6) is 0.158. The van der Waals surface area contributed by atoms with Gasteiger partial charge in [0.25, 0.3) is 0 Å². The zero-order valence-corrected chi connectivity index (χ0v) is 12.7. The van der Waals surface area contributed by atoms with Gasteiger partial charge >= 0.3 is 6.03 Å². The number of nitrogens with zero attached hydrogens (tertiary/aromatic N) is 4. The fraction of sp³-hybridized carbons (Fsp3) is 0.333. The molecule has 0 aliphatic rings. The van der Waals surface area contributed by atoms with Gasteiger partial charge in [-0.1, -0.05) is 12.1 Å². The number of rotatable bonds is 6. The molecule has 2 aromatic rings. The molecule has 0 saturated carbocycles. The molecule has 114 valence electrons. The topological polar surface area (TPSA) is 79.6 Å². The molecular weight excluding hydrogens is 317 g/mol. The standard InChI is InChI=1S/C12H14ClN5O2.ClH/c13-5-7-18(16-20)12(19)14-6-8-17-9-15-10-3-1-2-4-11(10)17;/h1-4,9H,5-8H2,(H,14,19);1H. The van der Waals surface area contributed by atoms with Crippen molar-refractivity contribution in [3.8, 4) is 0 Å². The van der Waals surface area contributed by atoms with E-state index in [1.54, 1.807) is 6.33 Å². The molecule has 0 fully saturated rings. The molecule has 9 heteroatoms. The highest BCUT2D eigenvalue weighted by molar-refractivity contribution is 6.18. The number of benzene rings is 1. The third-order valence-electron chi connectivity index (χ3n) is 2.79.